The number of β-lactam (4-membered cyclic amide) rings is 1. The van der Waals surface area contributed by atoms with Crippen molar-refractivity contribution in [3.8, 4) is 5.75 Å². The first-order chi connectivity index (χ1) is 20.2. The van der Waals surface area contributed by atoms with Gasteiger partial charge in [0.15, 0.2) is 5.71 Å². The van der Waals surface area contributed by atoms with Gasteiger partial charge in [-0.3, -0.25) is 14.5 Å². The second-order valence-electron chi connectivity index (χ2n) is 10.4. The van der Waals surface area contributed by atoms with Gasteiger partial charge in [-0.1, -0.05) is 28.5 Å². The van der Waals surface area contributed by atoms with E-state index in [2.05, 4.69) is 26.0 Å². The number of aryl methyl sites for hydroxylation is 1. The zero-order valence-electron chi connectivity index (χ0n) is 23.6. The molecule has 18 heteroatoms. The van der Waals surface area contributed by atoms with Gasteiger partial charge >= 0.3 is 11.9 Å². The number of amides is 2. The number of carbonyl (C=O) groups is 4. The molecule has 1 aromatic heterocycles. The molecule has 2 aromatic rings. The number of aliphatic carboxylic acids is 1. The van der Waals surface area contributed by atoms with Crippen molar-refractivity contribution < 1.29 is 39.0 Å². The number of hydrogen-bond acceptors (Lipinski definition) is 13. The van der Waals surface area contributed by atoms with Crippen molar-refractivity contribution in [1.82, 2.24) is 30.4 Å². The van der Waals surface area contributed by atoms with Crippen molar-refractivity contribution in [1.29, 1.82) is 0 Å². The Hall–Kier alpha value is -3.83. The minimum absolute atomic E-state index is 0.0781. The SMILES string of the molecule is CC(O/N=C(\C(=O)NC1C(=O)N2C(C(=O)O)=C(CSc3nnnn3C)CS[C@H]12)c1ccc(O)c(Cl)c1)C(=O)OC(C)(C)C. The van der Waals surface area contributed by atoms with Crippen LogP contribution in [0.4, 0.5) is 0 Å². The number of phenolic OH excluding ortho intramolecular Hbond substituents is 1. The molecule has 0 bridgehead atoms. The maximum Gasteiger partial charge on any atom is 0.352 e. The topological polar surface area (TPSA) is 198 Å². The Morgan fingerprint density at radius 1 is 1.33 bits per heavy atom. The van der Waals surface area contributed by atoms with Gasteiger partial charge < -0.3 is 25.1 Å². The number of tetrazole rings is 1. The van der Waals surface area contributed by atoms with Crippen molar-refractivity contribution in [2.45, 2.75) is 56.0 Å². The van der Waals surface area contributed by atoms with E-state index in [0.29, 0.717) is 10.7 Å². The quantitative estimate of drug-likeness (QED) is 0.110. The third kappa shape index (κ3) is 7.22. The van der Waals surface area contributed by atoms with E-state index in [-0.39, 0.29) is 39.3 Å². The number of nitrogens with zero attached hydrogens (tertiary/aromatic N) is 6. The molecule has 230 valence electrons. The molecule has 15 nitrogen and oxygen atoms in total. The van der Waals surface area contributed by atoms with Gasteiger partial charge in [0.25, 0.3) is 11.8 Å². The third-order valence-electron chi connectivity index (χ3n) is 5.97. The number of ether oxygens (including phenoxy) is 1. The summed E-state index contributed by atoms with van der Waals surface area (Å²) in [6.07, 6.45) is -1.19. The summed E-state index contributed by atoms with van der Waals surface area (Å²) in [4.78, 5) is 57.6. The molecule has 0 radical (unpaired) electrons. The lowest BCUT2D eigenvalue weighted by atomic mass is 10.0. The highest BCUT2D eigenvalue weighted by atomic mass is 35.5. The van der Waals surface area contributed by atoms with Crippen LogP contribution in [-0.2, 0) is 35.8 Å². The van der Waals surface area contributed by atoms with Gasteiger partial charge in [-0.25, -0.2) is 14.3 Å². The summed E-state index contributed by atoms with van der Waals surface area (Å²) >= 11 is 8.56. The number of carbonyl (C=O) groups excluding carboxylic acids is 3. The fourth-order valence-electron chi connectivity index (χ4n) is 3.94. The average Bonchev–Trinajstić information content (AvgIpc) is 3.34. The monoisotopic (exact) mass is 653 g/mol. The molecule has 43 heavy (non-hydrogen) atoms. The highest BCUT2D eigenvalue weighted by molar-refractivity contribution is 8.01. The van der Waals surface area contributed by atoms with Crippen LogP contribution in [-0.4, -0.2) is 99.4 Å². The molecule has 1 saturated heterocycles. The number of oxime groups is 1. The van der Waals surface area contributed by atoms with E-state index in [9.17, 15) is 29.4 Å². The molecule has 3 heterocycles. The first-order valence-corrected chi connectivity index (χ1v) is 15.1. The molecule has 1 aromatic carbocycles. The Bertz CT molecular complexity index is 1520. The molecule has 2 unspecified atom stereocenters. The van der Waals surface area contributed by atoms with Crippen LogP contribution in [0.15, 0.2) is 39.8 Å². The summed E-state index contributed by atoms with van der Waals surface area (Å²) in [6, 6.07) is 2.78. The Morgan fingerprint density at radius 2 is 2.05 bits per heavy atom. The Balaban J connectivity index is 1.53. The molecule has 3 N–H and O–H groups in total. The van der Waals surface area contributed by atoms with E-state index < -0.39 is 46.9 Å². The van der Waals surface area contributed by atoms with Crippen LogP contribution < -0.4 is 5.32 Å². The number of nitrogens with one attached hydrogen (secondary N) is 1. The fourth-order valence-corrected chi connectivity index (χ4v) is 6.45. The normalized spacial score (nSPS) is 19.3. The summed E-state index contributed by atoms with van der Waals surface area (Å²) in [5, 5.41) is 37.1. The molecular formula is C25H28ClN7O8S2. The molecule has 1 fully saturated rings. The summed E-state index contributed by atoms with van der Waals surface area (Å²) in [5.74, 6) is -3.20. The molecular weight excluding hydrogens is 626 g/mol. The van der Waals surface area contributed by atoms with Gasteiger partial charge in [-0.15, -0.1) is 16.9 Å². The number of rotatable bonds is 10. The fraction of sp³-hybridized carbons (Fsp3) is 0.440. The van der Waals surface area contributed by atoms with Crippen LogP contribution >= 0.6 is 35.1 Å². The highest BCUT2D eigenvalue weighted by Crippen LogP contribution is 2.41. The molecule has 2 amide bonds. The maximum atomic E-state index is 13.4. The molecule has 2 aliphatic heterocycles. The average molecular weight is 654 g/mol. The maximum absolute atomic E-state index is 13.4. The van der Waals surface area contributed by atoms with Gasteiger partial charge in [-0.2, -0.15) is 0 Å². The van der Waals surface area contributed by atoms with Gasteiger partial charge in [0.05, 0.1) is 5.02 Å². The summed E-state index contributed by atoms with van der Waals surface area (Å²) in [5.41, 5.74) is -0.653. The molecule has 4 rings (SSSR count). The predicted octanol–water partition coefficient (Wildman–Crippen LogP) is 1.55. The second-order valence-corrected chi connectivity index (χ2v) is 12.8. The minimum Gasteiger partial charge on any atom is -0.506 e. The number of aromatic nitrogens is 4. The standard InChI is InChI=1S/C25H28ClN7O8S2/c1-11(23(39)40-25(2,3)4)41-29-16(12-6-7-15(34)14(26)8-12)19(35)27-17-20(36)33-18(22(37)38)13(9-42-21(17)33)10-43-24-28-30-31-32(24)5/h6-8,11,17,21,34H,9-10H2,1-5H3,(H,27,35)(H,37,38)/b29-16-/t11?,17?,21-/m1/s1. The largest absolute Gasteiger partial charge is 0.506 e. The number of halogens is 1. The number of hydrogen-bond donors (Lipinski definition) is 3. The van der Waals surface area contributed by atoms with Gasteiger partial charge in [0.1, 0.15) is 28.5 Å². The Morgan fingerprint density at radius 3 is 2.65 bits per heavy atom. The van der Waals surface area contributed by atoms with Crippen molar-refractivity contribution in [3.63, 3.8) is 0 Å². The van der Waals surface area contributed by atoms with E-state index in [4.69, 9.17) is 21.2 Å². The van der Waals surface area contributed by atoms with Crippen LogP contribution in [0.2, 0.25) is 5.02 Å². The van der Waals surface area contributed by atoms with Crippen LogP contribution in [0.5, 0.6) is 5.75 Å². The first-order valence-electron chi connectivity index (χ1n) is 12.7. The number of esters is 1. The number of thioether (sulfide) groups is 2. The van der Waals surface area contributed by atoms with E-state index in [1.54, 1.807) is 27.8 Å². The van der Waals surface area contributed by atoms with Crippen LogP contribution in [0, 0.1) is 0 Å². The summed E-state index contributed by atoms with van der Waals surface area (Å²) in [7, 11) is 1.65. The van der Waals surface area contributed by atoms with Crippen molar-refractivity contribution in [2.75, 3.05) is 11.5 Å². The minimum atomic E-state index is -1.28. The van der Waals surface area contributed by atoms with Gasteiger partial charge in [-0.05, 0) is 61.9 Å². The van der Waals surface area contributed by atoms with Crippen molar-refractivity contribution in [3.05, 3.63) is 40.1 Å². The van der Waals surface area contributed by atoms with Crippen LogP contribution in [0.1, 0.15) is 33.3 Å². The number of phenols is 1. The molecule has 0 saturated carbocycles. The smallest absolute Gasteiger partial charge is 0.352 e. The van der Waals surface area contributed by atoms with E-state index in [0.717, 1.165) is 4.90 Å². The molecule has 0 aliphatic carbocycles. The van der Waals surface area contributed by atoms with E-state index in [1.165, 1.54) is 53.3 Å². The Labute approximate surface area is 259 Å². The zero-order chi connectivity index (χ0) is 31.6. The van der Waals surface area contributed by atoms with Gasteiger partial charge in [0, 0.05) is 24.1 Å². The highest BCUT2D eigenvalue weighted by Gasteiger charge is 2.54. The lowest BCUT2D eigenvalue weighted by Crippen LogP contribution is -2.71. The number of aromatic hydroxyl groups is 1. The Kier molecular flexibility index (Phi) is 9.56. The second kappa shape index (κ2) is 12.8. The summed E-state index contributed by atoms with van der Waals surface area (Å²) < 4.78 is 6.72. The van der Waals surface area contributed by atoms with Crippen molar-refractivity contribution in [2.24, 2.45) is 12.2 Å². The van der Waals surface area contributed by atoms with Crippen molar-refractivity contribution >= 4 is 64.6 Å². The molecule has 2 aliphatic rings. The predicted molar refractivity (Wildman–Crippen MR) is 155 cm³/mol. The van der Waals surface area contributed by atoms with Crippen LogP contribution in [0.25, 0.3) is 0 Å². The van der Waals surface area contributed by atoms with E-state index >= 15 is 0 Å². The number of benzene rings is 1. The molecule has 3 atom stereocenters. The summed E-state index contributed by atoms with van der Waals surface area (Å²) in [6.45, 7) is 6.44. The van der Waals surface area contributed by atoms with E-state index in [1.807, 2.05) is 0 Å². The third-order valence-corrected chi connectivity index (χ3v) is 8.71. The number of carboxylic acid groups (broad SMARTS) is 1. The van der Waals surface area contributed by atoms with Crippen LogP contribution in [0.3, 0.4) is 0 Å². The lowest BCUT2D eigenvalue weighted by Gasteiger charge is -2.49. The molecule has 0 spiro atoms. The number of fused-ring (bicyclic) bond motifs is 1. The number of carboxylic acids is 1. The zero-order valence-corrected chi connectivity index (χ0v) is 26.0. The van der Waals surface area contributed by atoms with Gasteiger partial charge in [0.2, 0.25) is 11.3 Å². The lowest BCUT2D eigenvalue weighted by molar-refractivity contribution is -0.167. The first kappa shape index (κ1) is 32.1.